The number of carbonyl (C=O) groups is 1. The molecule has 1 aromatic rings. The highest BCUT2D eigenvalue weighted by atomic mass is 32.2. The minimum Gasteiger partial charge on any atom is -0.336 e. The Labute approximate surface area is 126 Å². The molecule has 1 saturated heterocycles. The molecule has 0 aliphatic carbocycles. The summed E-state index contributed by atoms with van der Waals surface area (Å²) in [4.78, 5) is 14.6. The Morgan fingerprint density at radius 1 is 1.33 bits per heavy atom. The molecule has 1 aromatic carbocycles. The number of benzene rings is 1. The van der Waals surface area contributed by atoms with Gasteiger partial charge in [0.15, 0.2) is 0 Å². The highest BCUT2D eigenvalue weighted by Gasteiger charge is 2.30. The first-order valence-electron chi connectivity index (χ1n) is 7.16. The maximum absolute atomic E-state index is 12.7. The van der Waals surface area contributed by atoms with Crippen LogP contribution in [-0.4, -0.2) is 31.8 Å². The fraction of sp³-hybridized carbons (Fsp3) is 0.533. The van der Waals surface area contributed by atoms with Gasteiger partial charge < -0.3 is 4.90 Å². The molecule has 1 heterocycles. The maximum Gasteiger partial charge on any atom is 0.254 e. The first-order valence-corrected chi connectivity index (χ1v) is 8.71. The summed E-state index contributed by atoms with van der Waals surface area (Å²) in [7, 11) is -3.80. The van der Waals surface area contributed by atoms with E-state index in [1.807, 2.05) is 11.8 Å². The minimum absolute atomic E-state index is 0.0193. The average molecular weight is 310 g/mol. The van der Waals surface area contributed by atoms with E-state index in [9.17, 15) is 13.2 Å². The van der Waals surface area contributed by atoms with Crippen molar-refractivity contribution >= 4 is 15.9 Å². The molecule has 2 unspecified atom stereocenters. The molecule has 1 aliphatic heterocycles. The molecule has 5 nitrogen and oxygen atoms in total. The number of sulfonamides is 1. The number of carbonyl (C=O) groups excluding carboxylic acids is 1. The van der Waals surface area contributed by atoms with E-state index in [0.717, 1.165) is 18.4 Å². The van der Waals surface area contributed by atoms with Gasteiger partial charge in [0.2, 0.25) is 10.0 Å². The molecule has 0 bridgehead atoms. The van der Waals surface area contributed by atoms with Gasteiger partial charge in [0.25, 0.3) is 5.91 Å². The van der Waals surface area contributed by atoms with Crippen LogP contribution < -0.4 is 5.14 Å². The van der Waals surface area contributed by atoms with E-state index < -0.39 is 10.0 Å². The number of rotatable bonds is 2. The minimum atomic E-state index is -3.80. The Kier molecular flexibility index (Phi) is 4.39. The van der Waals surface area contributed by atoms with Crippen LogP contribution in [0.1, 0.15) is 42.6 Å². The zero-order chi connectivity index (χ0) is 15.8. The molecule has 0 radical (unpaired) electrons. The summed E-state index contributed by atoms with van der Waals surface area (Å²) in [5, 5.41) is 5.15. The van der Waals surface area contributed by atoms with Gasteiger partial charge in [0.1, 0.15) is 0 Å². The second kappa shape index (κ2) is 5.77. The molecule has 116 valence electrons. The van der Waals surface area contributed by atoms with Crippen LogP contribution in [0.25, 0.3) is 0 Å². The second-order valence-electron chi connectivity index (χ2n) is 5.88. The molecule has 0 spiro atoms. The molecule has 1 fully saturated rings. The number of amides is 1. The molecule has 2 N–H and O–H groups in total. The van der Waals surface area contributed by atoms with Crippen LogP contribution in [0.3, 0.4) is 0 Å². The van der Waals surface area contributed by atoms with E-state index in [4.69, 9.17) is 5.14 Å². The van der Waals surface area contributed by atoms with Crippen LogP contribution in [-0.2, 0) is 10.0 Å². The monoisotopic (exact) mass is 310 g/mol. The zero-order valence-corrected chi connectivity index (χ0v) is 13.5. The van der Waals surface area contributed by atoms with E-state index >= 15 is 0 Å². The molecule has 2 atom stereocenters. The lowest BCUT2D eigenvalue weighted by atomic mass is 9.91. The third-order valence-corrected chi connectivity index (χ3v) is 5.31. The number of likely N-dealkylation sites (tertiary alicyclic amines) is 1. The van der Waals surface area contributed by atoms with Gasteiger partial charge in [-0.05, 0) is 50.3 Å². The fourth-order valence-corrected chi connectivity index (χ4v) is 3.33. The Hall–Kier alpha value is -1.40. The Balaban J connectivity index is 2.39. The first kappa shape index (κ1) is 16.0. The van der Waals surface area contributed by atoms with Crippen molar-refractivity contribution in [2.75, 3.05) is 6.54 Å². The zero-order valence-electron chi connectivity index (χ0n) is 12.7. The third-order valence-electron chi connectivity index (χ3n) is 4.40. The van der Waals surface area contributed by atoms with E-state index in [1.165, 1.54) is 12.1 Å². The number of hydrogen-bond donors (Lipinski definition) is 1. The number of hydrogen-bond acceptors (Lipinski definition) is 3. The Morgan fingerprint density at radius 3 is 2.62 bits per heavy atom. The Morgan fingerprint density at radius 2 is 2.00 bits per heavy atom. The largest absolute Gasteiger partial charge is 0.336 e. The smallest absolute Gasteiger partial charge is 0.254 e. The van der Waals surface area contributed by atoms with Crippen LogP contribution in [0.15, 0.2) is 23.1 Å². The van der Waals surface area contributed by atoms with Crippen LogP contribution in [0.2, 0.25) is 0 Å². The van der Waals surface area contributed by atoms with Gasteiger partial charge >= 0.3 is 0 Å². The van der Waals surface area contributed by atoms with Gasteiger partial charge in [-0.2, -0.15) is 0 Å². The molecule has 0 saturated carbocycles. The van der Waals surface area contributed by atoms with Gasteiger partial charge in [-0.25, -0.2) is 13.6 Å². The molecule has 1 aliphatic rings. The Bertz CT molecular complexity index is 655. The fourth-order valence-electron chi connectivity index (χ4n) is 2.79. The summed E-state index contributed by atoms with van der Waals surface area (Å²) in [6, 6.07) is 4.61. The number of aryl methyl sites for hydroxylation is 1. The van der Waals surface area contributed by atoms with Gasteiger partial charge in [-0.3, -0.25) is 4.79 Å². The van der Waals surface area contributed by atoms with E-state index in [0.29, 0.717) is 18.0 Å². The van der Waals surface area contributed by atoms with Gasteiger partial charge in [-0.1, -0.05) is 13.0 Å². The van der Waals surface area contributed by atoms with E-state index in [2.05, 4.69) is 6.92 Å². The summed E-state index contributed by atoms with van der Waals surface area (Å²) in [5.74, 6) is 0.335. The number of nitrogens with zero attached hydrogens (tertiary/aromatic N) is 1. The van der Waals surface area contributed by atoms with Crippen LogP contribution in [0.5, 0.6) is 0 Å². The molecular formula is C15H22N2O3S. The normalized spacial score (nSPS) is 23.1. The van der Waals surface area contributed by atoms with Crippen LogP contribution >= 0.6 is 0 Å². The standard InChI is InChI=1S/C15H22N2O3S/c1-10-5-4-8-17(12(10)3)15(18)14-9-13(21(16,19)20)7-6-11(14)2/h6-7,9-10,12H,4-5,8H2,1-3H3,(H2,16,19,20). The molecule has 1 amide bonds. The lowest BCUT2D eigenvalue weighted by Crippen LogP contribution is -2.46. The quantitative estimate of drug-likeness (QED) is 0.906. The first-order chi connectivity index (χ1) is 9.71. The molecule has 0 aromatic heterocycles. The van der Waals surface area contributed by atoms with Crippen molar-refractivity contribution in [1.29, 1.82) is 0 Å². The summed E-state index contributed by atoms with van der Waals surface area (Å²) >= 11 is 0. The van der Waals surface area contributed by atoms with Gasteiger partial charge in [0.05, 0.1) is 4.90 Å². The van der Waals surface area contributed by atoms with Crippen molar-refractivity contribution in [2.45, 2.75) is 44.6 Å². The SMILES string of the molecule is Cc1ccc(S(N)(=O)=O)cc1C(=O)N1CCCC(C)C1C. The lowest BCUT2D eigenvalue weighted by molar-refractivity contribution is 0.0550. The third kappa shape index (κ3) is 3.27. The highest BCUT2D eigenvalue weighted by molar-refractivity contribution is 7.89. The summed E-state index contributed by atoms with van der Waals surface area (Å²) in [5.41, 5.74) is 1.18. The van der Waals surface area contributed by atoms with E-state index in [-0.39, 0.29) is 16.8 Å². The van der Waals surface area contributed by atoms with Gasteiger partial charge in [-0.15, -0.1) is 0 Å². The van der Waals surface area contributed by atoms with Crippen LogP contribution in [0, 0.1) is 12.8 Å². The van der Waals surface area contributed by atoms with Crippen molar-refractivity contribution in [3.63, 3.8) is 0 Å². The molecule has 2 rings (SSSR count). The van der Waals surface area contributed by atoms with Crippen LogP contribution in [0.4, 0.5) is 0 Å². The summed E-state index contributed by atoms with van der Waals surface area (Å²) in [6.07, 6.45) is 2.09. The number of piperidine rings is 1. The number of nitrogens with two attached hydrogens (primary N) is 1. The molecule has 6 heteroatoms. The predicted molar refractivity (Wildman–Crippen MR) is 81.4 cm³/mol. The topological polar surface area (TPSA) is 80.5 Å². The predicted octanol–water partition coefficient (Wildman–Crippen LogP) is 1.90. The molecular weight excluding hydrogens is 288 g/mol. The second-order valence-corrected chi connectivity index (χ2v) is 7.44. The lowest BCUT2D eigenvalue weighted by Gasteiger charge is -2.38. The molecule has 21 heavy (non-hydrogen) atoms. The average Bonchev–Trinajstić information content (AvgIpc) is 2.40. The summed E-state index contributed by atoms with van der Waals surface area (Å²) < 4.78 is 22.9. The van der Waals surface area contributed by atoms with Crippen molar-refractivity contribution in [3.05, 3.63) is 29.3 Å². The van der Waals surface area contributed by atoms with Crippen molar-refractivity contribution in [2.24, 2.45) is 11.1 Å². The van der Waals surface area contributed by atoms with E-state index in [1.54, 1.807) is 13.0 Å². The number of primary sulfonamides is 1. The highest BCUT2D eigenvalue weighted by Crippen LogP contribution is 2.26. The maximum atomic E-state index is 12.7. The van der Waals surface area contributed by atoms with Gasteiger partial charge in [0, 0.05) is 18.2 Å². The van der Waals surface area contributed by atoms with Crippen molar-refractivity contribution < 1.29 is 13.2 Å². The summed E-state index contributed by atoms with van der Waals surface area (Å²) in [6.45, 7) is 6.69. The van der Waals surface area contributed by atoms with Crippen molar-refractivity contribution in [3.8, 4) is 0 Å². The van der Waals surface area contributed by atoms with Crippen molar-refractivity contribution in [1.82, 2.24) is 4.90 Å².